The first-order valence-electron chi connectivity index (χ1n) is 4.87. The van der Waals surface area contributed by atoms with Gasteiger partial charge >= 0.3 is 0 Å². The Hall–Kier alpha value is -1.06. The summed E-state index contributed by atoms with van der Waals surface area (Å²) in [5, 5.41) is 3.38. The highest BCUT2D eigenvalue weighted by molar-refractivity contribution is 6.30. The van der Waals surface area contributed by atoms with Crippen molar-refractivity contribution in [2.24, 2.45) is 11.7 Å². The summed E-state index contributed by atoms with van der Waals surface area (Å²) < 4.78 is 0. The average molecular weight is 227 g/mol. The molecule has 4 heteroatoms. The van der Waals surface area contributed by atoms with Crippen molar-refractivity contribution < 1.29 is 4.79 Å². The second kappa shape index (κ2) is 5.73. The maximum absolute atomic E-state index is 11.5. The van der Waals surface area contributed by atoms with E-state index in [0.717, 1.165) is 5.69 Å². The summed E-state index contributed by atoms with van der Waals surface area (Å²) in [6, 6.07) is 7.08. The van der Waals surface area contributed by atoms with Gasteiger partial charge in [0.1, 0.15) is 0 Å². The maximum atomic E-state index is 11.5. The van der Waals surface area contributed by atoms with Gasteiger partial charge in [-0.2, -0.15) is 0 Å². The molecule has 0 aliphatic rings. The number of halogens is 1. The van der Waals surface area contributed by atoms with Crippen molar-refractivity contribution in [2.45, 2.75) is 13.3 Å². The zero-order valence-electron chi connectivity index (χ0n) is 8.66. The SMILES string of the molecule is CC(CN)CC(=O)Nc1cccc(Cl)c1. The molecule has 0 fully saturated rings. The Labute approximate surface area is 94.6 Å². The lowest BCUT2D eigenvalue weighted by Gasteiger charge is -2.09. The second-order valence-electron chi connectivity index (χ2n) is 3.60. The molecule has 1 rings (SSSR count). The number of anilines is 1. The summed E-state index contributed by atoms with van der Waals surface area (Å²) >= 11 is 5.79. The van der Waals surface area contributed by atoms with Gasteiger partial charge in [0, 0.05) is 17.1 Å². The van der Waals surface area contributed by atoms with E-state index in [9.17, 15) is 4.79 Å². The molecule has 1 amide bonds. The Morgan fingerprint density at radius 2 is 2.33 bits per heavy atom. The van der Waals surface area contributed by atoms with Crippen LogP contribution in [-0.4, -0.2) is 12.5 Å². The fourth-order valence-electron chi connectivity index (χ4n) is 1.18. The van der Waals surface area contributed by atoms with Crippen LogP contribution in [0.2, 0.25) is 5.02 Å². The molecule has 1 aromatic carbocycles. The fraction of sp³-hybridized carbons (Fsp3) is 0.364. The van der Waals surface area contributed by atoms with Gasteiger partial charge in [-0.3, -0.25) is 4.79 Å². The van der Waals surface area contributed by atoms with Gasteiger partial charge in [0.2, 0.25) is 5.91 Å². The van der Waals surface area contributed by atoms with Crippen LogP contribution in [0.3, 0.4) is 0 Å². The topological polar surface area (TPSA) is 55.1 Å². The van der Waals surface area contributed by atoms with Gasteiger partial charge in [-0.05, 0) is 30.7 Å². The highest BCUT2D eigenvalue weighted by Gasteiger charge is 2.07. The molecule has 1 atom stereocenters. The molecule has 0 spiro atoms. The monoisotopic (exact) mass is 226 g/mol. The predicted octanol–water partition coefficient (Wildman–Crippen LogP) is 2.26. The molecule has 0 bridgehead atoms. The quantitative estimate of drug-likeness (QED) is 0.828. The molecule has 1 aromatic rings. The third-order valence-electron chi connectivity index (χ3n) is 2.04. The van der Waals surface area contributed by atoms with Crippen molar-refractivity contribution in [3.05, 3.63) is 29.3 Å². The lowest BCUT2D eigenvalue weighted by atomic mass is 10.1. The van der Waals surface area contributed by atoms with Crippen LogP contribution in [-0.2, 0) is 4.79 Å². The van der Waals surface area contributed by atoms with E-state index in [4.69, 9.17) is 17.3 Å². The van der Waals surface area contributed by atoms with E-state index in [-0.39, 0.29) is 11.8 Å². The van der Waals surface area contributed by atoms with Crippen LogP contribution in [0.25, 0.3) is 0 Å². The molecule has 0 saturated carbocycles. The zero-order valence-corrected chi connectivity index (χ0v) is 9.42. The first-order valence-corrected chi connectivity index (χ1v) is 5.25. The summed E-state index contributed by atoms with van der Waals surface area (Å²) in [5.74, 6) is 0.166. The van der Waals surface area contributed by atoms with Gasteiger partial charge in [0.15, 0.2) is 0 Å². The van der Waals surface area contributed by atoms with Gasteiger partial charge in [0.05, 0.1) is 0 Å². The third kappa shape index (κ3) is 4.32. The van der Waals surface area contributed by atoms with Crippen molar-refractivity contribution >= 4 is 23.2 Å². The zero-order chi connectivity index (χ0) is 11.3. The lowest BCUT2D eigenvalue weighted by Crippen LogP contribution is -2.19. The van der Waals surface area contributed by atoms with Crippen LogP contribution >= 0.6 is 11.6 Å². The molecule has 3 N–H and O–H groups in total. The summed E-state index contributed by atoms with van der Waals surface area (Å²) in [6.45, 7) is 2.46. The van der Waals surface area contributed by atoms with E-state index in [1.54, 1.807) is 24.3 Å². The standard InChI is InChI=1S/C11H15ClN2O/c1-8(7-13)5-11(15)14-10-4-2-3-9(12)6-10/h2-4,6,8H,5,7,13H2,1H3,(H,14,15). The van der Waals surface area contributed by atoms with Crippen LogP contribution < -0.4 is 11.1 Å². The normalized spacial score (nSPS) is 12.2. The third-order valence-corrected chi connectivity index (χ3v) is 2.28. The summed E-state index contributed by atoms with van der Waals surface area (Å²) in [5.41, 5.74) is 6.16. The van der Waals surface area contributed by atoms with Crippen molar-refractivity contribution in [3.63, 3.8) is 0 Å². The number of carbonyl (C=O) groups is 1. The number of benzene rings is 1. The molecule has 0 aliphatic heterocycles. The molecule has 0 saturated heterocycles. The molecular weight excluding hydrogens is 212 g/mol. The van der Waals surface area contributed by atoms with Crippen LogP contribution in [0.15, 0.2) is 24.3 Å². The minimum Gasteiger partial charge on any atom is -0.330 e. The molecule has 15 heavy (non-hydrogen) atoms. The number of carbonyl (C=O) groups excluding carboxylic acids is 1. The first kappa shape index (κ1) is 12.0. The fourth-order valence-corrected chi connectivity index (χ4v) is 1.37. The number of hydrogen-bond donors (Lipinski definition) is 2. The number of nitrogens with one attached hydrogen (secondary N) is 1. The molecule has 0 radical (unpaired) electrons. The summed E-state index contributed by atoms with van der Waals surface area (Å²) in [4.78, 5) is 11.5. The van der Waals surface area contributed by atoms with Crippen LogP contribution in [0, 0.1) is 5.92 Å². The molecule has 0 aromatic heterocycles. The number of amides is 1. The Kier molecular flexibility index (Phi) is 4.59. The smallest absolute Gasteiger partial charge is 0.224 e. The van der Waals surface area contributed by atoms with Crippen LogP contribution in [0.1, 0.15) is 13.3 Å². The van der Waals surface area contributed by atoms with Gasteiger partial charge in [0.25, 0.3) is 0 Å². The average Bonchev–Trinajstić information content (AvgIpc) is 2.17. The van der Waals surface area contributed by atoms with E-state index in [0.29, 0.717) is 18.0 Å². The largest absolute Gasteiger partial charge is 0.330 e. The van der Waals surface area contributed by atoms with E-state index in [1.165, 1.54) is 0 Å². The predicted molar refractivity (Wildman–Crippen MR) is 62.9 cm³/mol. The maximum Gasteiger partial charge on any atom is 0.224 e. The summed E-state index contributed by atoms with van der Waals surface area (Å²) in [7, 11) is 0. The summed E-state index contributed by atoms with van der Waals surface area (Å²) in [6.07, 6.45) is 0.434. The molecule has 1 unspecified atom stereocenters. The minimum absolute atomic E-state index is 0.0322. The van der Waals surface area contributed by atoms with Crippen LogP contribution in [0.5, 0.6) is 0 Å². The minimum atomic E-state index is -0.0322. The molecule has 3 nitrogen and oxygen atoms in total. The second-order valence-corrected chi connectivity index (χ2v) is 4.04. The Bertz CT molecular complexity index is 341. The van der Waals surface area contributed by atoms with E-state index >= 15 is 0 Å². The van der Waals surface area contributed by atoms with E-state index < -0.39 is 0 Å². The van der Waals surface area contributed by atoms with Gasteiger partial charge in [-0.15, -0.1) is 0 Å². The van der Waals surface area contributed by atoms with Crippen LogP contribution in [0.4, 0.5) is 5.69 Å². The van der Waals surface area contributed by atoms with Crippen molar-refractivity contribution in [2.75, 3.05) is 11.9 Å². The van der Waals surface area contributed by atoms with Gasteiger partial charge in [-0.1, -0.05) is 24.6 Å². The Balaban J connectivity index is 2.51. The number of nitrogens with two attached hydrogens (primary N) is 1. The first-order chi connectivity index (χ1) is 7.11. The lowest BCUT2D eigenvalue weighted by molar-refractivity contribution is -0.116. The molecular formula is C11H15ClN2O. The highest BCUT2D eigenvalue weighted by atomic mass is 35.5. The molecule has 0 aliphatic carbocycles. The number of hydrogen-bond acceptors (Lipinski definition) is 2. The van der Waals surface area contributed by atoms with E-state index in [2.05, 4.69) is 5.32 Å². The van der Waals surface area contributed by atoms with Gasteiger partial charge in [-0.25, -0.2) is 0 Å². The molecule has 0 heterocycles. The number of rotatable bonds is 4. The van der Waals surface area contributed by atoms with E-state index in [1.807, 2.05) is 6.92 Å². The van der Waals surface area contributed by atoms with Crippen molar-refractivity contribution in [1.29, 1.82) is 0 Å². The Morgan fingerprint density at radius 1 is 1.60 bits per heavy atom. The van der Waals surface area contributed by atoms with Gasteiger partial charge < -0.3 is 11.1 Å². The Morgan fingerprint density at radius 3 is 2.93 bits per heavy atom. The highest BCUT2D eigenvalue weighted by Crippen LogP contribution is 2.15. The molecule has 82 valence electrons. The van der Waals surface area contributed by atoms with Crippen molar-refractivity contribution in [1.82, 2.24) is 0 Å². The van der Waals surface area contributed by atoms with Crippen molar-refractivity contribution in [3.8, 4) is 0 Å².